The Bertz CT molecular complexity index is 1420. The highest BCUT2D eigenvalue weighted by molar-refractivity contribution is 5.71. The number of unbranched alkanes of at least 4 members (excludes halogenated alkanes) is 9. The summed E-state index contributed by atoms with van der Waals surface area (Å²) in [5.74, 6) is -1.06. The largest absolute Gasteiger partial charge is 0.462 e. The molecular weight excluding hydrogens is 781 g/mol. The molecule has 0 N–H and O–H groups in total. The fraction of sp³-hybridized carbons (Fsp3) is 0.561. The molecule has 6 nitrogen and oxygen atoms in total. The van der Waals surface area contributed by atoms with Gasteiger partial charge in [-0.05, 0) is 116 Å². The quantitative estimate of drug-likeness (QED) is 0.0263. The highest BCUT2D eigenvalue weighted by Crippen LogP contribution is 2.12. The molecule has 0 spiro atoms. The molecule has 0 fully saturated rings. The molecule has 0 aliphatic rings. The number of hydrogen-bond acceptors (Lipinski definition) is 6. The van der Waals surface area contributed by atoms with Crippen LogP contribution in [-0.4, -0.2) is 37.2 Å². The number of carbonyl (C=O) groups is 3. The third-order valence-electron chi connectivity index (χ3n) is 9.64. The third kappa shape index (κ3) is 48.4. The summed E-state index contributed by atoms with van der Waals surface area (Å²) in [5, 5.41) is 0. The molecule has 1 unspecified atom stereocenters. The minimum Gasteiger partial charge on any atom is -0.462 e. The zero-order chi connectivity index (χ0) is 45.8. The Morgan fingerprint density at radius 3 is 0.984 bits per heavy atom. The van der Waals surface area contributed by atoms with Crippen LogP contribution in [0.3, 0.4) is 0 Å². The first-order chi connectivity index (χ1) is 31.0. The first-order valence-corrected chi connectivity index (χ1v) is 24.7. The van der Waals surface area contributed by atoms with Crippen LogP contribution >= 0.6 is 0 Å². The lowest BCUT2D eigenvalue weighted by molar-refractivity contribution is -0.166. The van der Waals surface area contributed by atoms with Crippen molar-refractivity contribution in [2.75, 3.05) is 13.2 Å². The van der Waals surface area contributed by atoms with Gasteiger partial charge in [0.05, 0.1) is 0 Å². The van der Waals surface area contributed by atoms with E-state index < -0.39 is 6.10 Å². The van der Waals surface area contributed by atoms with E-state index in [1.807, 2.05) is 12.2 Å². The molecule has 352 valence electrons. The second kappa shape index (κ2) is 50.2. The van der Waals surface area contributed by atoms with Crippen molar-refractivity contribution in [1.82, 2.24) is 0 Å². The van der Waals surface area contributed by atoms with Gasteiger partial charge < -0.3 is 14.2 Å². The summed E-state index contributed by atoms with van der Waals surface area (Å²) in [6.45, 7) is 6.17. The maximum atomic E-state index is 12.8. The van der Waals surface area contributed by atoms with Crippen LogP contribution in [0.25, 0.3) is 0 Å². The van der Waals surface area contributed by atoms with Gasteiger partial charge in [0.25, 0.3) is 0 Å². The van der Waals surface area contributed by atoms with E-state index in [0.29, 0.717) is 12.8 Å². The lowest BCUT2D eigenvalue weighted by Gasteiger charge is -2.18. The molecule has 0 amide bonds. The summed E-state index contributed by atoms with van der Waals surface area (Å²) < 4.78 is 16.7. The van der Waals surface area contributed by atoms with Crippen molar-refractivity contribution >= 4 is 17.9 Å². The van der Waals surface area contributed by atoms with Crippen LogP contribution in [0, 0.1) is 0 Å². The van der Waals surface area contributed by atoms with E-state index >= 15 is 0 Å². The summed E-state index contributed by atoms with van der Waals surface area (Å²) in [4.78, 5) is 37.9. The Hall–Kier alpha value is -4.45. The van der Waals surface area contributed by atoms with Gasteiger partial charge in [-0.1, -0.05) is 187 Å². The van der Waals surface area contributed by atoms with E-state index in [1.165, 1.54) is 0 Å². The topological polar surface area (TPSA) is 78.9 Å². The first-order valence-electron chi connectivity index (χ1n) is 24.7. The molecule has 0 aliphatic carbocycles. The van der Waals surface area contributed by atoms with Crippen molar-refractivity contribution in [3.63, 3.8) is 0 Å². The fourth-order valence-corrected chi connectivity index (χ4v) is 6.05. The Morgan fingerprint density at radius 2 is 0.603 bits per heavy atom. The Morgan fingerprint density at radius 1 is 0.317 bits per heavy atom. The first kappa shape index (κ1) is 58.6. The Balaban J connectivity index is 4.57. The van der Waals surface area contributed by atoms with Crippen molar-refractivity contribution in [3.05, 3.63) is 134 Å². The van der Waals surface area contributed by atoms with Gasteiger partial charge in [0.15, 0.2) is 6.10 Å². The molecule has 0 heterocycles. The van der Waals surface area contributed by atoms with Crippen molar-refractivity contribution in [2.24, 2.45) is 0 Å². The second-order valence-corrected chi connectivity index (χ2v) is 15.6. The number of ether oxygens (including phenoxy) is 3. The van der Waals surface area contributed by atoms with Crippen LogP contribution in [0.5, 0.6) is 0 Å². The van der Waals surface area contributed by atoms with Gasteiger partial charge in [0.2, 0.25) is 0 Å². The molecule has 0 rings (SSSR count). The molecule has 0 radical (unpaired) electrons. The number of carbonyl (C=O) groups excluding carboxylic acids is 3. The van der Waals surface area contributed by atoms with Gasteiger partial charge in [-0.25, -0.2) is 0 Å². The van der Waals surface area contributed by atoms with Gasteiger partial charge in [-0.15, -0.1) is 0 Å². The van der Waals surface area contributed by atoms with E-state index in [0.717, 1.165) is 141 Å². The van der Waals surface area contributed by atoms with Gasteiger partial charge >= 0.3 is 17.9 Å². The Kier molecular flexibility index (Phi) is 46.7. The van der Waals surface area contributed by atoms with E-state index in [-0.39, 0.29) is 44.0 Å². The molecule has 0 saturated heterocycles. The summed E-state index contributed by atoms with van der Waals surface area (Å²) in [6.07, 6.45) is 70.2. The summed E-state index contributed by atoms with van der Waals surface area (Å²) >= 11 is 0. The van der Waals surface area contributed by atoms with E-state index in [2.05, 4.69) is 142 Å². The Labute approximate surface area is 385 Å². The molecule has 1 atom stereocenters. The highest BCUT2D eigenvalue weighted by atomic mass is 16.6. The molecule has 0 bridgehead atoms. The molecule has 0 aliphatic heterocycles. The molecule has 0 saturated carbocycles. The summed E-state index contributed by atoms with van der Waals surface area (Å²) in [7, 11) is 0. The second-order valence-electron chi connectivity index (χ2n) is 15.6. The third-order valence-corrected chi connectivity index (χ3v) is 9.64. The predicted octanol–water partition coefficient (Wildman–Crippen LogP) is 16.3. The lowest BCUT2D eigenvalue weighted by Crippen LogP contribution is -2.30. The maximum absolute atomic E-state index is 12.8. The predicted molar refractivity (Wildman–Crippen MR) is 269 cm³/mol. The average Bonchev–Trinajstić information content (AvgIpc) is 3.28. The number of allylic oxidation sites excluding steroid dienone is 22. The van der Waals surface area contributed by atoms with Crippen molar-refractivity contribution in [1.29, 1.82) is 0 Å². The maximum Gasteiger partial charge on any atom is 0.306 e. The minimum absolute atomic E-state index is 0.125. The van der Waals surface area contributed by atoms with Crippen LogP contribution in [0.2, 0.25) is 0 Å². The zero-order valence-corrected chi connectivity index (χ0v) is 40.0. The molecular formula is C57H88O6. The summed E-state index contributed by atoms with van der Waals surface area (Å²) in [5.41, 5.74) is 0. The lowest BCUT2D eigenvalue weighted by atomic mass is 10.1. The smallest absolute Gasteiger partial charge is 0.306 e. The molecule has 0 aromatic rings. The number of esters is 3. The standard InChI is InChI=1S/C57H88O6/c1-4-7-10-13-16-19-22-25-27-28-30-32-35-38-41-44-47-50-56(59)62-53-54(52-61-55(58)49-46-43-40-37-34-31-24-21-18-15-12-9-6-3)63-57(60)51-48-45-42-39-36-33-29-26-23-20-17-14-11-8-5-2/h7-12,16-21,25-27,29-32,34,40,43,54H,4-6,13-15,22-24,28,33,35-39,41-42,44-53H2,1-3H3/b10-7-,11-8-,12-9-,19-16-,20-17-,21-18-,27-25-,29-26-,32-30-,34-31-,43-40-. The van der Waals surface area contributed by atoms with Crippen LogP contribution in [0.15, 0.2) is 134 Å². The fourth-order valence-electron chi connectivity index (χ4n) is 6.05. The van der Waals surface area contributed by atoms with E-state index in [4.69, 9.17) is 14.2 Å². The zero-order valence-electron chi connectivity index (χ0n) is 40.0. The van der Waals surface area contributed by atoms with E-state index in [1.54, 1.807) is 0 Å². The van der Waals surface area contributed by atoms with Crippen LogP contribution in [0.1, 0.15) is 188 Å². The molecule has 63 heavy (non-hydrogen) atoms. The van der Waals surface area contributed by atoms with Crippen molar-refractivity contribution in [3.8, 4) is 0 Å². The summed E-state index contributed by atoms with van der Waals surface area (Å²) in [6, 6.07) is 0. The average molecular weight is 869 g/mol. The van der Waals surface area contributed by atoms with Gasteiger partial charge in [0, 0.05) is 19.3 Å². The minimum atomic E-state index is -0.830. The van der Waals surface area contributed by atoms with Crippen molar-refractivity contribution in [2.45, 2.75) is 194 Å². The molecule has 6 heteroatoms. The van der Waals surface area contributed by atoms with Gasteiger partial charge in [-0.2, -0.15) is 0 Å². The normalized spacial score (nSPS) is 13.3. The SMILES string of the molecule is CC/C=C\C/C=C\C/C=C\C/C=C\CCCCCCC(=O)OCC(COC(=O)CC/C=C\C/C=C\C/C=C\C/C=C\CC)OC(=O)CCCCCCC/C=C\C/C=C\C/C=C\CC. The van der Waals surface area contributed by atoms with E-state index in [9.17, 15) is 14.4 Å². The highest BCUT2D eigenvalue weighted by Gasteiger charge is 2.19. The van der Waals surface area contributed by atoms with Crippen LogP contribution in [0.4, 0.5) is 0 Å². The van der Waals surface area contributed by atoms with Gasteiger partial charge in [-0.3, -0.25) is 14.4 Å². The number of rotatable bonds is 42. The monoisotopic (exact) mass is 869 g/mol. The van der Waals surface area contributed by atoms with Gasteiger partial charge in [0.1, 0.15) is 13.2 Å². The van der Waals surface area contributed by atoms with Crippen molar-refractivity contribution < 1.29 is 28.6 Å². The molecule has 0 aromatic carbocycles. The number of hydrogen-bond donors (Lipinski definition) is 0. The van der Waals surface area contributed by atoms with Crippen LogP contribution in [-0.2, 0) is 28.6 Å². The van der Waals surface area contributed by atoms with Crippen LogP contribution < -0.4 is 0 Å². The molecule has 0 aromatic heterocycles.